The highest BCUT2D eigenvalue weighted by atomic mass is 16.4. The fourth-order valence-electron chi connectivity index (χ4n) is 1.84. The van der Waals surface area contributed by atoms with Crippen LogP contribution in [0.1, 0.15) is 33.6 Å². The molecule has 2 N–H and O–H groups in total. The number of nitrogens with zero attached hydrogens (tertiary/aromatic N) is 2. The summed E-state index contributed by atoms with van der Waals surface area (Å²) in [5, 5.41) is 11.7. The predicted octanol–water partition coefficient (Wildman–Crippen LogP) is 1.22. The predicted molar refractivity (Wildman–Crippen MR) is 75.3 cm³/mol. The molecule has 0 aromatic carbocycles. The zero-order chi connectivity index (χ0) is 15.0. The van der Waals surface area contributed by atoms with Gasteiger partial charge in [0.05, 0.1) is 6.42 Å². The average Bonchev–Trinajstić information content (AvgIpc) is 2.26. The third-order valence-electron chi connectivity index (χ3n) is 2.98. The van der Waals surface area contributed by atoms with Gasteiger partial charge in [-0.1, -0.05) is 0 Å². The van der Waals surface area contributed by atoms with Crippen LogP contribution >= 0.6 is 0 Å². The van der Waals surface area contributed by atoms with Crippen molar-refractivity contribution in [2.75, 3.05) is 27.2 Å². The summed E-state index contributed by atoms with van der Waals surface area (Å²) in [6.07, 6.45) is 0.830. The lowest BCUT2D eigenvalue weighted by molar-refractivity contribution is -0.138. The Balaban J connectivity index is 4.30. The van der Waals surface area contributed by atoms with Crippen molar-refractivity contribution in [2.24, 2.45) is 0 Å². The lowest BCUT2D eigenvalue weighted by atomic mass is 10.2. The van der Waals surface area contributed by atoms with Crippen molar-refractivity contribution < 1.29 is 14.7 Å². The van der Waals surface area contributed by atoms with Crippen molar-refractivity contribution in [3.63, 3.8) is 0 Å². The molecular weight excluding hydrogens is 246 g/mol. The number of urea groups is 1. The van der Waals surface area contributed by atoms with Crippen molar-refractivity contribution >= 4 is 12.0 Å². The van der Waals surface area contributed by atoms with Crippen LogP contribution in [0.2, 0.25) is 0 Å². The van der Waals surface area contributed by atoms with Gasteiger partial charge >= 0.3 is 12.0 Å². The molecule has 0 bridgehead atoms. The van der Waals surface area contributed by atoms with Crippen LogP contribution in [0.3, 0.4) is 0 Å². The molecule has 0 fully saturated rings. The van der Waals surface area contributed by atoms with Crippen molar-refractivity contribution in [3.05, 3.63) is 0 Å². The van der Waals surface area contributed by atoms with Gasteiger partial charge in [-0.25, -0.2) is 4.79 Å². The van der Waals surface area contributed by atoms with Gasteiger partial charge in [-0.05, 0) is 47.8 Å². The Hall–Kier alpha value is -1.30. The molecule has 0 rings (SSSR count). The zero-order valence-corrected chi connectivity index (χ0v) is 12.6. The van der Waals surface area contributed by atoms with Gasteiger partial charge in [0.1, 0.15) is 0 Å². The summed E-state index contributed by atoms with van der Waals surface area (Å²) >= 11 is 0. The first-order chi connectivity index (χ1) is 8.77. The van der Waals surface area contributed by atoms with E-state index in [0.29, 0.717) is 6.54 Å². The summed E-state index contributed by atoms with van der Waals surface area (Å²) in [5.74, 6) is -0.889. The third-order valence-corrected chi connectivity index (χ3v) is 2.98. The number of carbonyl (C=O) groups excluding carboxylic acids is 1. The van der Waals surface area contributed by atoms with E-state index in [0.717, 1.165) is 13.0 Å². The fraction of sp³-hybridized carbons (Fsp3) is 0.846. The number of hydrogen-bond donors (Lipinski definition) is 2. The molecule has 0 aliphatic heterocycles. The molecule has 0 radical (unpaired) electrons. The highest BCUT2D eigenvalue weighted by Gasteiger charge is 2.21. The fourth-order valence-corrected chi connectivity index (χ4v) is 1.84. The van der Waals surface area contributed by atoms with Crippen LogP contribution < -0.4 is 5.32 Å². The van der Waals surface area contributed by atoms with E-state index in [1.807, 2.05) is 27.9 Å². The van der Waals surface area contributed by atoms with Gasteiger partial charge in [-0.3, -0.25) is 4.79 Å². The molecule has 0 heterocycles. The Kier molecular flexibility index (Phi) is 8.14. The third kappa shape index (κ3) is 7.66. The number of carbonyl (C=O) groups is 2. The molecule has 0 aromatic heterocycles. The Morgan fingerprint density at radius 3 is 2.26 bits per heavy atom. The average molecular weight is 273 g/mol. The maximum Gasteiger partial charge on any atom is 0.317 e. The number of carboxylic acid groups (broad SMARTS) is 1. The molecule has 2 atom stereocenters. The molecule has 6 nitrogen and oxygen atoms in total. The summed E-state index contributed by atoms with van der Waals surface area (Å²) in [6, 6.07) is -0.424. The SMILES string of the molecule is CCN(C(=O)NC(C)CCN(C)C)C(C)CC(=O)O. The van der Waals surface area contributed by atoms with E-state index < -0.39 is 5.97 Å². The van der Waals surface area contributed by atoms with E-state index in [2.05, 4.69) is 10.2 Å². The molecule has 0 aliphatic rings. The topological polar surface area (TPSA) is 72.9 Å². The van der Waals surface area contributed by atoms with Crippen molar-refractivity contribution in [1.82, 2.24) is 15.1 Å². The van der Waals surface area contributed by atoms with Gasteiger partial charge in [0.25, 0.3) is 0 Å². The highest BCUT2D eigenvalue weighted by molar-refractivity contribution is 5.76. The van der Waals surface area contributed by atoms with Crippen LogP contribution in [0.15, 0.2) is 0 Å². The molecule has 0 aliphatic carbocycles. The normalized spacial score (nSPS) is 14.0. The number of nitrogens with one attached hydrogen (secondary N) is 1. The molecule has 19 heavy (non-hydrogen) atoms. The number of amides is 2. The molecule has 112 valence electrons. The number of carboxylic acids is 1. The largest absolute Gasteiger partial charge is 0.481 e. The standard InChI is InChI=1S/C13H27N3O3/c1-6-16(11(3)9-12(17)18)13(19)14-10(2)7-8-15(4)5/h10-11H,6-9H2,1-5H3,(H,14,19)(H,17,18). The van der Waals surface area contributed by atoms with Crippen LogP contribution in [0.25, 0.3) is 0 Å². The summed E-state index contributed by atoms with van der Waals surface area (Å²) < 4.78 is 0. The molecule has 0 aromatic rings. The number of rotatable bonds is 8. The minimum Gasteiger partial charge on any atom is -0.481 e. The van der Waals surface area contributed by atoms with Gasteiger partial charge in [0, 0.05) is 18.6 Å². The summed E-state index contributed by atoms with van der Waals surface area (Å²) in [4.78, 5) is 26.4. The number of hydrogen-bond acceptors (Lipinski definition) is 3. The van der Waals surface area contributed by atoms with Crippen molar-refractivity contribution in [2.45, 2.75) is 45.7 Å². The van der Waals surface area contributed by atoms with Gasteiger partial charge in [-0.2, -0.15) is 0 Å². The van der Waals surface area contributed by atoms with Gasteiger partial charge in [0.15, 0.2) is 0 Å². The van der Waals surface area contributed by atoms with E-state index in [4.69, 9.17) is 5.11 Å². The Morgan fingerprint density at radius 2 is 1.84 bits per heavy atom. The Bertz CT molecular complexity index is 295. The first kappa shape index (κ1) is 17.7. The molecule has 0 saturated heterocycles. The summed E-state index contributed by atoms with van der Waals surface area (Å²) in [5.41, 5.74) is 0. The van der Waals surface area contributed by atoms with E-state index in [-0.39, 0.29) is 24.5 Å². The van der Waals surface area contributed by atoms with Crippen LogP contribution in [-0.2, 0) is 4.79 Å². The Labute approximate surface area is 115 Å². The van der Waals surface area contributed by atoms with E-state index in [1.165, 1.54) is 0 Å². The lowest BCUT2D eigenvalue weighted by Crippen LogP contribution is -2.48. The molecule has 2 amide bonds. The quantitative estimate of drug-likeness (QED) is 0.697. The van der Waals surface area contributed by atoms with E-state index in [1.54, 1.807) is 11.8 Å². The van der Waals surface area contributed by atoms with Gasteiger partial charge in [-0.15, -0.1) is 0 Å². The highest BCUT2D eigenvalue weighted by Crippen LogP contribution is 2.05. The van der Waals surface area contributed by atoms with Gasteiger partial charge < -0.3 is 20.2 Å². The van der Waals surface area contributed by atoms with Crippen LogP contribution in [0, 0.1) is 0 Å². The number of aliphatic carboxylic acids is 1. The van der Waals surface area contributed by atoms with E-state index >= 15 is 0 Å². The molecule has 2 unspecified atom stereocenters. The van der Waals surface area contributed by atoms with Gasteiger partial charge in [0.2, 0.25) is 0 Å². The summed E-state index contributed by atoms with van der Waals surface area (Å²) in [7, 11) is 3.98. The van der Waals surface area contributed by atoms with Crippen molar-refractivity contribution in [1.29, 1.82) is 0 Å². The first-order valence-electron chi connectivity index (χ1n) is 6.71. The monoisotopic (exact) mass is 273 g/mol. The van der Waals surface area contributed by atoms with E-state index in [9.17, 15) is 9.59 Å². The minimum absolute atomic E-state index is 0.0344. The zero-order valence-electron chi connectivity index (χ0n) is 12.6. The van der Waals surface area contributed by atoms with Crippen LogP contribution in [0.4, 0.5) is 4.79 Å². The molecule has 6 heteroatoms. The second-order valence-corrected chi connectivity index (χ2v) is 5.18. The van der Waals surface area contributed by atoms with Crippen LogP contribution in [-0.4, -0.2) is 66.2 Å². The maximum absolute atomic E-state index is 12.1. The Morgan fingerprint density at radius 1 is 1.26 bits per heavy atom. The summed E-state index contributed by atoms with van der Waals surface area (Å²) in [6.45, 7) is 6.96. The molecule has 0 spiro atoms. The second-order valence-electron chi connectivity index (χ2n) is 5.18. The molecular formula is C13H27N3O3. The smallest absolute Gasteiger partial charge is 0.317 e. The maximum atomic E-state index is 12.1. The second kappa shape index (κ2) is 8.74. The minimum atomic E-state index is -0.889. The lowest BCUT2D eigenvalue weighted by Gasteiger charge is -2.29. The molecule has 0 saturated carbocycles. The van der Waals surface area contributed by atoms with Crippen LogP contribution in [0.5, 0.6) is 0 Å². The van der Waals surface area contributed by atoms with Crippen molar-refractivity contribution in [3.8, 4) is 0 Å². The first-order valence-corrected chi connectivity index (χ1v) is 6.71.